The van der Waals surface area contributed by atoms with Crippen molar-refractivity contribution in [2.45, 2.75) is 57.7 Å². The lowest BCUT2D eigenvalue weighted by molar-refractivity contribution is -0.192. The van der Waals surface area contributed by atoms with Crippen LogP contribution in [0.15, 0.2) is 36.7 Å². The lowest BCUT2D eigenvalue weighted by atomic mass is 9.92. The van der Waals surface area contributed by atoms with Gasteiger partial charge < -0.3 is 15.0 Å². The number of carboxylic acid groups (broad SMARTS) is 1. The summed E-state index contributed by atoms with van der Waals surface area (Å²) in [7, 11) is 0. The number of rotatable bonds is 5. The number of hydrogen-bond acceptors (Lipinski definition) is 4. The molecule has 8 nitrogen and oxygen atoms in total. The maximum absolute atomic E-state index is 13.8. The zero-order valence-electron chi connectivity index (χ0n) is 19.4. The van der Waals surface area contributed by atoms with Crippen molar-refractivity contribution in [1.29, 1.82) is 0 Å². The van der Waals surface area contributed by atoms with Crippen LogP contribution in [0.25, 0.3) is 0 Å². The molecule has 0 fully saturated rings. The smallest absolute Gasteiger partial charge is 0.475 e. The summed E-state index contributed by atoms with van der Waals surface area (Å²) in [6.45, 7) is 4.80. The van der Waals surface area contributed by atoms with Crippen LogP contribution < -0.4 is 5.32 Å². The predicted octanol–water partition coefficient (Wildman–Crippen LogP) is 4.79. The number of benzene rings is 1. The fourth-order valence-corrected chi connectivity index (χ4v) is 3.73. The van der Waals surface area contributed by atoms with Gasteiger partial charge in [-0.05, 0) is 24.1 Å². The highest BCUT2D eigenvalue weighted by Crippen LogP contribution is 2.33. The quantitative estimate of drug-likeness (QED) is 0.425. The summed E-state index contributed by atoms with van der Waals surface area (Å²) < 4.78 is 61.3. The van der Waals surface area contributed by atoms with Crippen LogP contribution in [-0.4, -0.2) is 48.8 Å². The Kier molecular flexibility index (Phi) is 7.80. The number of amides is 1. The maximum atomic E-state index is 13.8. The molecule has 36 heavy (non-hydrogen) atoms. The van der Waals surface area contributed by atoms with E-state index in [0.29, 0.717) is 29.4 Å². The summed E-state index contributed by atoms with van der Waals surface area (Å²) in [5, 5.41) is 16.6. The summed E-state index contributed by atoms with van der Waals surface area (Å²) in [6, 6.07) is 7.46. The average Bonchev–Trinajstić information content (AvgIpc) is 3.39. The monoisotopic (exact) mass is 513 g/mol. The number of alkyl halides is 5. The molecule has 13 heteroatoms. The first-order valence-corrected chi connectivity index (χ1v) is 10.9. The van der Waals surface area contributed by atoms with Crippen LogP contribution in [0.2, 0.25) is 0 Å². The molecule has 0 bridgehead atoms. The number of imidazole rings is 1. The van der Waals surface area contributed by atoms with E-state index >= 15 is 0 Å². The molecule has 1 aliphatic rings. The van der Waals surface area contributed by atoms with Crippen molar-refractivity contribution in [3.8, 4) is 0 Å². The van der Waals surface area contributed by atoms with Gasteiger partial charge in [-0.1, -0.05) is 26.0 Å². The van der Waals surface area contributed by atoms with E-state index in [-0.39, 0.29) is 18.5 Å². The van der Waals surface area contributed by atoms with Crippen LogP contribution in [0, 0.1) is 0 Å². The number of carboxylic acids is 1. The molecule has 194 valence electrons. The summed E-state index contributed by atoms with van der Waals surface area (Å²) in [6.07, 6.45) is -1.87. The SMILES string of the molecule is CC(C)c1nccn1Cc1cccc(NC(=O)c2n[nH]c3c2CC(F)(F)CC3)c1.O=C(O)C(F)(F)F. The first-order chi connectivity index (χ1) is 16.8. The van der Waals surface area contributed by atoms with Gasteiger partial charge in [-0.15, -0.1) is 0 Å². The van der Waals surface area contributed by atoms with E-state index in [2.05, 4.69) is 38.9 Å². The van der Waals surface area contributed by atoms with E-state index in [1.54, 1.807) is 12.3 Å². The number of H-pyrrole nitrogens is 1. The highest BCUT2D eigenvalue weighted by molar-refractivity contribution is 6.04. The second-order valence-electron chi connectivity index (χ2n) is 8.59. The number of fused-ring (bicyclic) bond motifs is 1. The minimum Gasteiger partial charge on any atom is -0.475 e. The zero-order valence-corrected chi connectivity index (χ0v) is 19.4. The Labute approximate surface area is 202 Å². The van der Waals surface area contributed by atoms with Gasteiger partial charge in [-0.2, -0.15) is 18.3 Å². The average molecular weight is 513 g/mol. The van der Waals surface area contributed by atoms with E-state index in [1.165, 1.54) is 0 Å². The van der Waals surface area contributed by atoms with Crippen molar-refractivity contribution in [1.82, 2.24) is 19.7 Å². The van der Waals surface area contributed by atoms with Crippen LogP contribution in [0.5, 0.6) is 0 Å². The molecule has 1 amide bonds. The Morgan fingerprint density at radius 2 is 1.97 bits per heavy atom. The highest BCUT2D eigenvalue weighted by Gasteiger charge is 2.38. The van der Waals surface area contributed by atoms with Crippen LogP contribution >= 0.6 is 0 Å². The van der Waals surface area contributed by atoms with Crippen LogP contribution in [0.1, 0.15) is 59.3 Å². The standard InChI is InChI=1S/C21H23F2N5O.C2HF3O2/c1-13(2)19-24-8-9-28(19)12-14-4-3-5-15(10-14)25-20(29)18-16-11-21(22,23)7-6-17(16)26-27-18;3-2(4,5)1(6)7/h3-5,8-10,13H,6-7,11-12H2,1-2H3,(H,25,29)(H,26,27);(H,6,7). The minimum atomic E-state index is -5.08. The van der Waals surface area contributed by atoms with Crippen molar-refractivity contribution in [3.63, 3.8) is 0 Å². The summed E-state index contributed by atoms with van der Waals surface area (Å²) in [5.41, 5.74) is 2.57. The molecule has 0 aliphatic heterocycles. The van der Waals surface area contributed by atoms with Gasteiger partial charge in [0.25, 0.3) is 11.8 Å². The van der Waals surface area contributed by atoms with Crippen molar-refractivity contribution < 1.29 is 36.6 Å². The lowest BCUT2D eigenvalue weighted by Crippen LogP contribution is -2.27. The number of halogens is 5. The lowest BCUT2D eigenvalue weighted by Gasteiger charge is -2.21. The third-order valence-corrected chi connectivity index (χ3v) is 5.39. The normalized spacial score (nSPS) is 14.6. The zero-order chi connectivity index (χ0) is 26.7. The number of carbonyl (C=O) groups excluding carboxylic acids is 1. The number of hydrogen-bond donors (Lipinski definition) is 3. The van der Waals surface area contributed by atoms with Crippen LogP contribution in [-0.2, 0) is 24.2 Å². The first kappa shape index (κ1) is 26.8. The summed E-state index contributed by atoms with van der Waals surface area (Å²) in [4.78, 5) is 26.0. The molecule has 4 rings (SSSR count). The fourth-order valence-electron chi connectivity index (χ4n) is 3.73. The first-order valence-electron chi connectivity index (χ1n) is 10.9. The molecule has 0 unspecified atom stereocenters. The molecule has 0 saturated carbocycles. The Morgan fingerprint density at radius 1 is 1.28 bits per heavy atom. The number of aryl methyl sites for hydroxylation is 1. The predicted molar refractivity (Wildman–Crippen MR) is 119 cm³/mol. The van der Waals surface area contributed by atoms with Crippen molar-refractivity contribution in [2.24, 2.45) is 0 Å². The fraction of sp³-hybridized carbons (Fsp3) is 0.391. The van der Waals surface area contributed by atoms with Gasteiger partial charge >= 0.3 is 12.1 Å². The van der Waals surface area contributed by atoms with E-state index in [9.17, 15) is 26.7 Å². The van der Waals surface area contributed by atoms with Gasteiger partial charge in [-0.3, -0.25) is 9.89 Å². The summed E-state index contributed by atoms with van der Waals surface area (Å²) >= 11 is 0. The van der Waals surface area contributed by atoms with Crippen LogP contribution in [0.3, 0.4) is 0 Å². The van der Waals surface area contributed by atoms with E-state index in [0.717, 1.165) is 11.4 Å². The van der Waals surface area contributed by atoms with Gasteiger partial charge in [0, 0.05) is 54.6 Å². The van der Waals surface area contributed by atoms with Crippen LogP contribution in [0.4, 0.5) is 27.6 Å². The number of carbonyl (C=O) groups is 2. The maximum Gasteiger partial charge on any atom is 0.490 e. The third kappa shape index (κ3) is 6.67. The Morgan fingerprint density at radius 3 is 2.61 bits per heavy atom. The minimum absolute atomic E-state index is 0.0430. The largest absolute Gasteiger partial charge is 0.490 e. The van der Waals surface area contributed by atoms with Gasteiger partial charge in [0.2, 0.25) is 0 Å². The molecule has 2 aromatic heterocycles. The molecule has 3 aromatic rings. The number of nitrogens with zero attached hydrogens (tertiary/aromatic N) is 3. The molecule has 2 heterocycles. The molecule has 0 saturated heterocycles. The van der Waals surface area contributed by atoms with Gasteiger partial charge in [0.05, 0.1) is 0 Å². The number of anilines is 1. The van der Waals surface area contributed by atoms with Gasteiger partial charge in [0.15, 0.2) is 5.69 Å². The molecular weight excluding hydrogens is 489 g/mol. The number of nitrogens with one attached hydrogen (secondary N) is 2. The Balaban J connectivity index is 0.000000454. The molecule has 1 aromatic carbocycles. The Hall–Kier alpha value is -3.77. The van der Waals surface area contributed by atoms with Crippen molar-refractivity contribution in [2.75, 3.05) is 5.32 Å². The van der Waals surface area contributed by atoms with Crippen molar-refractivity contribution >= 4 is 17.6 Å². The van der Waals surface area contributed by atoms with E-state index < -0.39 is 30.4 Å². The number of aromatic nitrogens is 4. The topological polar surface area (TPSA) is 113 Å². The Bertz CT molecular complexity index is 1230. The van der Waals surface area contributed by atoms with Crippen molar-refractivity contribution in [3.05, 3.63) is 65.0 Å². The third-order valence-electron chi connectivity index (χ3n) is 5.39. The van der Waals surface area contributed by atoms with E-state index in [1.807, 2.05) is 24.4 Å². The molecule has 0 atom stereocenters. The number of aromatic amines is 1. The molecule has 0 radical (unpaired) electrons. The van der Waals surface area contributed by atoms with E-state index in [4.69, 9.17) is 9.90 Å². The second kappa shape index (κ2) is 10.5. The second-order valence-corrected chi connectivity index (χ2v) is 8.59. The molecule has 0 spiro atoms. The highest BCUT2D eigenvalue weighted by atomic mass is 19.4. The molecule has 1 aliphatic carbocycles. The molecule has 3 N–H and O–H groups in total. The van der Waals surface area contributed by atoms with Gasteiger partial charge in [0.1, 0.15) is 5.82 Å². The summed E-state index contributed by atoms with van der Waals surface area (Å²) in [5.74, 6) is -4.75. The number of aliphatic carboxylic acids is 1. The van der Waals surface area contributed by atoms with Gasteiger partial charge in [-0.25, -0.2) is 18.6 Å². The molecular formula is C23H24F5N5O3.